The monoisotopic (exact) mass is 293 g/mol. The van der Waals surface area contributed by atoms with Gasteiger partial charge in [-0.2, -0.15) is 0 Å². The number of hydrogen-bond donors (Lipinski definition) is 2. The highest BCUT2D eigenvalue weighted by molar-refractivity contribution is 5.76. The van der Waals surface area contributed by atoms with Crippen LogP contribution in [0.25, 0.3) is 0 Å². The highest BCUT2D eigenvalue weighted by atomic mass is 16.5. The average molecular weight is 293 g/mol. The van der Waals surface area contributed by atoms with E-state index in [1.54, 1.807) is 24.3 Å². The molecule has 0 unspecified atom stereocenters. The van der Waals surface area contributed by atoms with Crippen LogP contribution in [0, 0.1) is 0 Å². The van der Waals surface area contributed by atoms with E-state index in [4.69, 9.17) is 10.5 Å². The van der Waals surface area contributed by atoms with Crippen LogP contribution in [0.4, 0.5) is 0 Å². The Bertz CT molecular complexity index is 394. The third-order valence-electron chi connectivity index (χ3n) is 3.50. The molecule has 0 heterocycles. The molecule has 21 heavy (non-hydrogen) atoms. The van der Waals surface area contributed by atoms with Crippen LogP contribution >= 0.6 is 0 Å². The van der Waals surface area contributed by atoms with Gasteiger partial charge in [-0.15, -0.1) is 0 Å². The largest absolute Gasteiger partial charge is 0.464 e. The zero-order chi connectivity index (χ0) is 15.5. The van der Waals surface area contributed by atoms with E-state index in [0.717, 1.165) is 12.8 Å². The Kier molecular flexibility index (Phi) is 8.71. The van der Waals surface area contributed by atoms with Gasteiger partial charge in [-0.05, 0) is 12.0 Å². The molecule has 0 aliphatic rings. The first kappa shape index (κ1) is 17.7. The molecule has 0 amide bonds. The average Bonchev–Trinajstić information content (AvgIpc) is 2.53. The van der Waals surface area contributed by atoms with Crippen molar-refractivity contribution in [3.63, 3.8) is 0 Å². The normalized spacial score (nSPS) is 13.7. The number of unbranched alkanes of at least 4 members (excludes halogenated alkanes) is 5. The molecule has 0 aliphatic carbocycles. The van der Waals surface area contributed by atoms with Crippen LogP contribution < -0.4 is 5.73 Å². The van der Waals surface area contributed by atoms with Crippen molar-refractivity contribution in [2.45, 2.75) is 57.6 Å². The number of hydrogen-bond acceptors (Lipinski definition) is 4. The Morgan fingerprint density at radius 3 is 2.43 bits per heavy atom. The topological polar surface area (TPSA) is 72.5 Å². The summed E-state index contributed by atoms with van der Waals surface area (Å²) in [5.74, 6) is -0.542. The summed E-state index contributed by atoms with van der Waals surface area (Å²) in [4.78, 5) is 11.8. The molecule has 0 saturated carbocycles. The molecule has 4 heteroatoms. The summed E-state index contributed by atoms with van der Waals surface area (Å²) in [5.41, 5.74) is 6.38. The summed E-state index contributed by atoms with van der Waals surface area (Å²) < 4.78 is 5.13. The molecular formula is C17H27NO3. The summed E-state index contributed by atoms with van der Waals surface area (Å²) in [7, 11) is 0. The van der Waals surface area contributed by atoms with Gasteiger partial charge in [-0.1, -0.05) is 69.4 Å². The van der Waals surface area contributed by atoms with E-state index in [0.29, 0.717) is 12.2 Å². The molecule has 118 valence electrons. The van der Waals surface area contributed by atoms with Crippen molar-refractivity contribution in [1.82, 2.24) is 0 Å². The van der Waals surface area contributed by atoms with Crippen molar-refractivity contribution in [3.05, 3.63) is 35.9 Å². The van der Waals surface area contributed by atoms with Gasteiger partial charge in [-0.3, -0.25) is 4.79 Å². The lowest BCUT2D eigenvalue weighted by atomic mass is 10.0. The van der Waals surface area contributed by atoms with Crippen molar-refractivity contribution in [1.29, 1.82) is 0 Å². The van der Waals surface area contributed by atoms with Gasteiger partial charge in [-0.25, -0.2) is 0 Å². The van der Waals surface area contributed by atoms with Gasteiger partial charge in [0.2, 0.25) is 0 Å². The lowest BCUT2D eigenvalue weighted by Crippen LogP contribution is -2.38. The first-order valence-electron chi connectivity index (χ1n) is 7.82. The molecule has 0 spiro atoms. The summed E-state index contributed by atoms with van der Waals surface area (Å²) >= 11 is 0. The van der Waals surface area contributed by atoms with Gasteiger partial charge in [0, 0.05) is 0 Å². The van der Waals surface area contributed by atoms with Crippen LogP contribution in [-0.2, 0) is 9.53 Å². The van der Waals surface area contributed by atoms with Crippen molar-refractivity contribution < 1.29 is 14.6 Å². The van der Waals surface area contributed by atoms with E-state index in [9.17, 15) is 9.90 Å². The molecule has 0 aliphatic heterocycles. The molecule has 1 aromatic carbocycles. The predicted octanol–water partition coefficient (Wildman–Crippen LogP) is 2.95. The highest BCUT2D eigenvalue weighted by Gasteiger charge is 2.25. The van der Waals surface area contributed by atoms with Crippen molar-refractivity contribution in [2.75, 3.05) is 6.61 Å². The second kappa shape index (κ2) is 10.4. The molecule has 1 rings (SSSR count). The quantitative estimate of drug-likeness (QED) is 0.514. The number of aliphatic hydroxyl groups excluding tert-OH is 1. The first-order chi connectivity index (χ1) is 10.2. The molecule has 1 aromatic rings. The van der Waals surface area contributed by atoms with Crippen LogP contribution in [0.1, 0.15) is 57.1 Å². The fourth-order valence-electron chi connectivity index (χ4n) is 2.14. The van der Waals surface area contributed by atoms with Gasteiger partial charge in [0.25, 0.3) is 0 Å². The van der Waals surface area contributed by atoms with E-state index in [2.05, 4.69) is 6.92 Å². The van der Waals surface area contributed by atoms with E-state index in [1.165, 1.54) is 25.7 Å². The number of esters is 1. The summed E-state index contributed by atoms with van der Waals surface area (Å²) in [5, 5.41) is 10.0. The number of rotatable bonds is 10. The Hall–Kier alpha value is -1.39. The SMILES string of the molecule is CCCCCCCCOC(=O)[C@H](N)[C@@H](O)c1ccccc1. The summed E-state index contributed by atoms with van der Waals surface area (Å²) in [6.07, 6.45) is 5.77. The fraction of sp³-hybridized carbons (Fsp3) is 0.588. The van der Waals surface area contributed by atoms with Gasteiger partial charge in [0.15, 0.2) is 0 Å². The van der Waals surface area contributed by atoms with E-state index >= 15 is 0 Å². The molecule has 0 fully saturated rings. The predicted molar refractivity (Wildman–Crippen MR) is 83.7 cm³/mol. The number of benzene rings is 1. The Morgan fingerprint density at radius 2 is 1.76 bits per heavy atom. The fourth-order valence-corrected chi connectivity index (χ4v) is 2.14. The van der Waals surface area contributed by atoms with Gasteiger partial charge in [0.05, 0.1) is 6.61 Å². The number of carbonyl (C=O) groups is 1. The maximum absolute atomic E-state index is 11.8. The van der Waals surface area contributed by atoms with Crippen LogP contribution in [0.2, 0.25) is 0 Å². The molecule has 0 bridgehead atoms. The second-order valence-electron chi connectivity index (χ2n) is 5.32. The van der Waals surface area contributed by atoms with E-state index < -0.39 is 18.1 Å². The molecule has 0 radical (unpaired) electrons. The number of ether oxygens (including phenoxy) is 1. The smallest absolute Gasteiger partial charge is 0.325 e. The van der Waals surface area contributed by atoms with E-state index in [1.807, 2.05) is 6.07 Å². The van der Waals surface area contributed by atoms with Crippen molar-refractivity contribution in [3.8, 4) is 0 Å². The molecule has 4 nitrogen and oxygen atoms in total. The number of nitrogens with two attached hydrogens (primary N) is 1. The third kappa shape index (κ3) is 6.74. The number of carbonyl (C=O) groups excluding carboxylic acids is 1. The zero-order valence-corrected chi connectivity index (χ0v) is 12.8. The Morgan fingerprint density at radius 1 is 1.14 bits per heavy atom. The third-order valence-corrected chi connectivity index (χ3v) is 3.50. The van der Waals surface area contributed by atoms with E-state index in [-0.39, 0.29) is 0 Å². The van der Waals surface area contributed by atoms with Crippen molar-refractivity contribution >= 4 is 5.97 Å². The maximum Gasteiger partial charge on any atom is 0.325 e. The Labute approximate surface area is 127 Å². The summed E-state index contributed by atoms with van der Waals surface area (Å²) in [6.45, 7) is 2.56. The molecule has 0 saturated heterocycles. The number of aliphatic hydroxyl groups is 1. The van der Waals surface area contributed by atoms with Crippen molar-refractivity contribution in [2.24, 2.45) is 5.73 Å². The standard InChI is InChI=1S/C17H27NO3/c1-2-3-4-5-6-10-13-21-17(20)15(18)16(19)14-11-8-7-9-12-14/h7-9,11-12,15-16,19H,2-6,10,13,18H2,1H3/t15-,16+/m1/s1. The summed E-state index contributed by atoms with van der Waals surface area (Å²) in [6, 6.07) is 7.89. The van der Waals surface area contributed by atoms with Crippen LogP contribution in [-0.4, -0.2) is 23.7 Å². The van der Waals surface area contributed by atoms with Crippen LogP contribution in [0.15, 0.2) is 30.3 Å². The minimum absolute atomic E-state index is 0.375. The van der Waals surface area contributed by atoms with Crippen LogP contribution in [0.5, 0.6) is 0 Å². The minimum atomic E-state index is -1.03. The van der Waals surface area contributed by atoms with Gasteiger partial charge in [0.1, 0.15) is 12.1 Å². The lowest BCUT2D eigenvalue weighted by molar-refractivity contribution is -0.148. The second-order valence-corrected chi connectivity index (χ2v) is 5.32. The van der Waals surface area contributed by atoms with Gasteiger partial charge < -0.3 is 15.6 Å². The lowest BCUT2D eigenvalue weighted by Gasteiger charge is -2.18. The molecule has 2 atom stereocenters. The van der Waals surface area contributed by atoms with Crippen LogP contribution in [0.3, 0.4) is 0 Å². The highest BCUT2D eigenvalue weighted by Crippen LogP contribution is 2.16. The molecular weight excluding hydrogens is 266 g/mol. The zero-order valence-electron chi connectivity index (χ0n) is 12.8. The maximum atomic E-state index is 11.8. The molecule has 0 aromatic heterocycles. The molecule has 3 N–H and O–H groups in total. The Balaban J connectivity index is 2.22. The minimum Gasteiger partial charge on any atom is -0.464 e. The van der Waals surface area contributed by atoms with Gasteiger partial charge >= 0.3 is 5.97 Å². The first-order valence-corrected chi connectivity index (χ1v) is 7.82.